The highest BCUT2D eigenvalue weighted by atomic mass is 79.9. The molecule has 0 radical (unpaired) electrons. The molecule has 0 amide bonds. The fourth-order valence-electron chi connectivity index (χ4n) is 2.93. The second-order valence-electron chi connectivity index (χ2n) is 5.61. The number of piperidine rings is 1. The van der Waals surface area contributed by atoms with Gasteiger partial charge in [-0.25, -0.2) is 14.5 Å². The van der Waals surface area contributed by atoms with Crippen LogP contribution in [0.4, 0.5) is 5.69 Å². The van der Waals surface area contributed by atoms with Gasteiger partial charge in [0.25, 0.3) is 5.56 Å². The van der Waals surface area contributed by atoms with Crippen LogP contribution in [0.5, 0.6) is 0 Å². The van der Waals surface area contributed by atoms with Gasteiger partial charge in [0.1, 0.15) is 10.2 Å². The summed E-state index contributed by atoms with van der Waals surface area (Å²) in [5, 5.41) is 4.08. The predicted molar refractivity (Wildman–Crippen MR) is 89.2 cm³/mol. The van der Waals surface area contributed by atoms with Crippen LogP contribution >= 0.6 is 15.9 Å². The molecule has 3 rings (SSSR count). The van der Waals surface area contributed by atoms with Crippen molar-refractivity contribution in [1.29, 1.82) is 0 Å². The Kier molecular flexibility index (Phi) is 4.70. The molecule has 0 spiro atoms. The van der Waals surface area contributed by atoms with Crippen LogP contribution < -0.4 is 10.5 Å². The van der Waals surface area contributed by atoms with Gasteiger partial charge >= 0.3 is 5.97 Å². The van der Waals surface area contributed by atoms with Crippen LogP contribution in [0, 0.1) is 0 Å². The summed E-state index contributed by atoms with van der Waals surface area (Å²) < 4.78 is 12.0. The first-order chi connectivity index (χ1) is 11.5. The number of hydrogen-bond donors (Lipinski definition) is 0. The first-order valence-electron chi connectivity index (χ1n) is 7.51. The van der Waals surface area contributed by atoms with Crippen molar-refractivity contribution in [2.75, 3.05) is 25.1 Å². The molecule has 128 valence electrons. The maximum absolute atomic E-state index is 12.1. The summed E-state index contributed by atoms with van der Waals surface area (Å²) in [5.41, 5.74) is 0.761. The number of halogens is 1. The van der Waals surface area contributed by atoms with E-state index in [2.05, 4.69) is 30.9 Å². The monoisotopic (exact) mass is 396 g/mol. The number of hydrogen-bond acceptors (Lipinski definition) is 7. The third kappa shape index (κ3) is 2.95. The zero-order chi connectivity index (χ0) is 17.3. The van der Waals surface area contributed by atoms with Gasteiger partial charge < -0.3 is 14.1 Å². The Hall–Kier alpha value is -2.16. The molecule has 0 aromatic carbocycles. The fraction of sp³-hybridized carbons (Fsp3) is 0.467. The number of anilines is 1. The lowest BCUT2D eigenvalue weighted by atomic mass is 9.94. The quantitative estimate of drug-likeness (QED) is 0.729. The third-order valence-corrected chi connectivity index (χ3v) is 4.91. The molecule has 1 saturated heterocycles. The molecule has 1 unspecified atom stereocenters. The summed E-state index contributed by atoms with van der Waals surface area (Å²) in [6, 6.07) is 0. The summed E-state index contributed by atoms with van der Waals surface area (Å²) in [6.07, 6.45) is 4.69. The van der Waals surface area contributed by atoms with Crippen molar-refractivity contribution in [2.45, 2.75) is 18.8 Å². The topological polar surface area (TPSA) is 90.5 Å². The lowest BCUT2D eigenvalue weighted by Gasteiger charge is -2.33. The zero-order valence-electron chi connectivity index (χ0n) is 13.4. The van der Waals surface area contributed by atoms with E-state index in [0.717, 1.165) is 25.1 Å². The first-order valence-corrected chi connectivity index (χ1v) is 8.30. The average molecular weight is 397 g/mol. The molecule has 1 fully saturated rings. The van der Waals surface area contributed by atoms with Gasteiger partial charge in [-0.3, -0.25) is 4.79 Å². The molecule has 24 heavy (non-hydrogen) atoms. The number of aryl methyl sites for hydroxylation is 1. The van der Waals surface area contributed by atoms with Crippen LogP contribution in [-0.4, -0.2) is 40.9 Å². The zero-order valence-corrected chi connectivity index (χ0v) is 14.9. The van der Waals surface area contributed by atoms with Gasteiger partial charge in [0.05, 0.1) is 19.0 Å². The number of oxazole rings is 1. The minimum Gasteiger partial charge on any atom is -0.464 e. The highest BCUT2D eigenvalue weighted by Crippen LogP contribution is 2.33. The largest absolute Gasteiger partial charge is 0.464 e. The molecule has 2 aromatic heterocycles. The number of aromatic nitrogens is 3. The maximum atomic E-state index is 12.1. The Morgan fingerprint density at radius 1 is 1.50 bits per heavy atom. The summed E-state index contributed by atoms with van der Waals surface area (Å²) >= 11 is 3.36. The van der Waals surface area contributed by atoms with Crippen LogP contribution in [0.2, 0.25) is 0 Å². The first kappa shape index (κ1) is 16.7. The summed E-state index contributed by atoms with van der Waals surface area (Å²) in [6.45, 7) is 1.40. The molecule has 2 aromatic rings. The number of carbonyl (C=O) groups excluding carboxylic acids is 1. The minimum atomic E-state index is -0.507. The molecule has 1 aliphatic heterocycles. The number of ether oxygens (including phenoxy) is 1. The Bertz CT molecular complexity index is 816. The van der Waals surface area contributed by atoms with E-state index < -0.39 is 5.97 Å². The molecular formula is C15H17BrN4O4. The van der Waals surface area contributed by atoms with Crippen molar-refractivity contribution in [2.24, 2.45) is 7.05 Å². The van der Waals surface area contributed by atoms with Gasteiger partial charge in [0.2, 0.25) is 0 Å². The van der Waals surface area contributed by atoms with Crippen LogP contribution in [0.25, 0.3) is 0 Å². The SMILES string of the molecule is COC(=O)c1ncoc1C1CCCN(c2cnn(C)c(=O)c2Br)C1. The smallest absolute Gasteiger partial charge is 0.360 e. The van der Waals surface area contributed by atoms with Crippen LogP contribution in [-0.2, 0) is 11.8 Å². The highest BCUT2D eigenvalue weighted by molar-refractivity contribution is 9.10. The lowest BCUT2D eigenvalue weighted by molar-refractivity contribution is 0.0591. The van der Waals surface area contributed by atoms with Gasteiger partial charge in [-0.15, -0.1) is 0 Å². The van der Waals surface area contributed by atoms with Crippen LogP contribution in [0.3, 0.4) is 0 Å². The molecule has 8 nitrogen and oxygen atoms in total. The van der Waals surface area contributed by atoms with Gasteiger partial charge in [-0.1, -0.05) is 0 Å². The number of nitrogens with zero attached hydrogens (tertiary/aromatic N) is 4. The summed E-state index contributed by atoms with van der Waals surface area (Å²) in [7, 11) is 2.92. The molecule has 0 bridgehead atoms. The van der Waals surface area contributed by atoms with Crippen molar-refractivity contribution >= 4 is 27.6 Å². The van der Waals surface area contributed by atoms with Crippen molar-refractivity contribution in [3.05, 3.63) is 38.9 Å². The second kappa shape index (κ2) is 6.76. The Balaban J connectivity index is 1.88. The van der Waals surface area contributed by atoms with E-state index in [4.69, 9.17) is 9.15 Å². The molecule has 1 atom stereocenters. The number of esters is 1. The van der Waals surface area contributed by atoms with E-state index in [1.165, 1.54) is 18.2 Å². The van der Waals surface area contributed by atoms with E-state index in [0.29, 0.717) is 16.8 Å². The average Bonchev–Trinajstić information content (AvgIpc) is 3.09. The summed E-state index contributed by atoms with van der Waals surface area (Å²) in [4.78, 5) is 29.9. The van der Waals surface area contributed by atoms with E-state index >= 15 is 0 Å². The van der Waals surface area contributed by atoms with Gasteiger partial charge in [-0.05, 0) is 28.8 Å². The molecule has 0 saturated carbocycles. The molecule has 9 heteroatoms. The fourth-order valence-corrected chi connectivity index (χ4v) is 3.54. The Morgan fingerprint density at radius 3 is 3.04 bits per heavy atom. The molecular weight excluding hydrogens is 380 g/mol. The number of rotatable bonds is 3. The highest BCUT2D eigenvalue weighted by Gasteiger charge is 2.30. The normalized spacial score (nSPS) is 17.8. The Morgan fingerprint density at radius 2 is 2.29 bits per heavy atom. The van der Waals surface area contributed by atoms with Crippen LogP contribution in [0.15, 0.2) is 26.3 Å². The maximum Gasteiger partial charge on any atom is 0.360 e. The van der Waals surface area contributed by atoms with Crippen molar-refractivity contribution in [3.8, 4) is 0 Å². The van der Waals surface area contributed by atoms with E-state index in [1.807, 2.05) is 0 Å². The van der Waals surface area contributed by atoms with Gasteiger partial charge in [0, 0.05) is 26.1 Å². The van der Waals surface area contributed by atoms with E-state index in [1.54, 1.807) is 13.2 Å². The summed E-state index contributed by atoms with van der Waals surface area (Å²) in [5.74, 6) is 0.0121. The second-order valence-corrected chi connectivity index (χ2v) is 6.41. The number of carbonyl (C=O) groups is 1. The Labute approximate surface area is 146 Å². The molecule has 0 N–H and O–H groups in total. The molecule has 3 heterocycles. The molecule has 0 aliphatic carbocycles. The molecule has 1 aliphatic rings. The third-order valence-electron chi connectivity index (χ3n) is 4.17. The van der Waals surface area contributed by atoms with Crippen molar-refractivity contribution in [1.82, 2.24) is 14.8 Å². The van der Waals surface area contributed by atoms with Gasteiger partial charge in [0.15, 0.2) is 12.1 Å². The minimum absolute atomic E-state index is 0.00805. The van der Waals surface area contributed by atoms with E-state index in [9.17, 15) is 9.59 Å². The lowest BCUT2D eigenvalue weighted by Crippen LogP contribution is -2.36. The number of methoxy groups -OCH3 is 1. The van der Waals surface area contributed by atoms with Crippen LogP contribution in [0.1, 0.15) is 35.0 Å². The predicted octanol–water partition coefficient (Wildman–Crippen LogP) is 1.70. The van der Waals surface area contributed by atoms with Crippen molar-refractivity contribution in [3.63, 3.8) is 0 Å². The standard InChI is InChI=1S/C15H17BrN4O4/c1-19-14(21)11(16)10(6-18-19)20-5-3-4-9(7-20)13-12(15(22)23-2)17-8-24-13/h6,8-9H,3-5,7H2,1-2H3. The van der Waals surface area contributed by atoms with Gasteiger partial charge in [-0.2, -0.15) is 5.10 Å². The van der Waals surface area contributed by atoms with Crippen molar-refractivity contribution < 1.29 is 13.9 Å². The van der Waals surface area contributed by atoms with E-state index in [-0.39, 0.29) is 17.2 Å².